The highest BCUT2D eigenvalue weighted by Gasteiger charge is 2.36. The number of amides is 1. The quantitative estimate of drug-likeness (QED) is 0.523. The molecule has 0 spiro atoms. The zero-order chi connectivity index (χ0) is 23.2. The van der Waals surface area contributed by atoms with E-state index in [1.807, 2.05) is 32.2 Å². The lowest BCUT2D eigenvalue weighted by molar-refractivity contribution is -0.137. The fourth-order valence-corrected chi connectivity index (χ4v) is 4.32. The molecule has 1 aliphatic rings. The molecule has 10 heteroatoms. The maximum atomic E-state index is 13.5. The van der Waals surface area contributed by atoms with Crippen LogP contribution in [0.4, 0.5) is 24.5 Å². The van der Waals surface area contributed by atoms with Gasteiger partial charge in [-0.05, 0) is 62.0 Å². The maximum absolute atomic E-state index is 13.5. The Morgan fingerprint density at radius 2 is 1.88 bits per heavy atom. The third-order valence-electron chi connectivity index (χ3n) is 5.46. The van der Waals surface area contributed by atoms with Crippen LogP contribution in [0.2, 0.25) is 0 Å². The Morgan fingerprint density at radius 1 is 1.16 bits per heavy atom. The maximum Gasteiger partial charge on any atom is 0.417 e. The van der Waals surface area contributed by atoms with Crippen LogP contribution in [0.25, 0.3) is 10.9 Å². The first kappa shape index (κ1) is 21.8. The molecule has 0 aliphatic carbocycles. The fourth-order valence-electron chi connectivity index (χ4n) is 3.92. The number of hydrogen-bond acceptors (Lipinski definition) is 4. The van der Waals surface area contributed by atoms with Crippen molar-refractivity contribution in [2.75, 3.05) is 16.3 Å². The van der Waals surface area contributed by atoms with E-state index < -0.39 is 23.2 Å². The number of halogens is 3. The third kappa shape index (κ3) is 3.69. The number of rotatable bonds is 2. The minimum atomic E-state index is -4.74. The zero-order valence-electron chi connectivity index (χ0n) is 17.3. The van der Waals surface area contributed by atoms with Crippen LogP contribution >= 0.6 is 12.2 Å². The van der Waals surface area contributed by atoms with Gasteiger partial charge in [-0.3, -0.25) is 14.4 Å². The molecule has 6 nitrogen and oxygen atoms in total. The van der Waals surface area contributed by atoms with Crippen LogP contribution in [0.1, 0.15) is 29.7 Å². The molecule has 32 heavy (non-hydrogen) atoms. The molecule has 0 N–H and O–H groups in total. The second-order valence-corrected chi connectivity index (χ2v) is 7.88. The Balaban J connectivity index is 1.79. The van der Waals surface area contributed by atoms with Gasteiger partial charge in [0.05, 0.1) is 34.1 Å². The summed E-state index contributed by atoms with van der Waals surface area (Å²) in [5, 5.41) is 14.5. The van der Waals surface area contributed by atoms with Crippen LogP contribution in [0.15, 0.2) is 36.4 Å². The molecule has 2 aromatic carbocycles. The molecule has 0 saturated carbocycles. The van der Waals surface area contributed by atoms with Gasteiger partial charge in [0, 0.05) is 31.1 Å². The number of anilines is 2. The van der Waals surface area contributed by atoms with Gasteiger partial charge in [0.25, 0.3) is 0 Å². The number of thiocarbonyl (C=S) groups is 1. The van der Waals surface area contributed by atoms with Crippen molar-refractivity contribution in [2.24, 2.45) is 7.05 Å². The summed E-state index contributed by atoms with van der Waals surface area (Å²) < 4.78 is 42.2. The second kappa shape index (κ2) is 7.91. The minimum Gasteiger partial charge on any atom is -0.318 e. The molecule has 1 saturated heterocycles. The predicted molar refractivity (Wildman–Crippen MR) is 118 cm³/mol. The summed E-state index contributed by atoms with van der Waals surface area (Å²) in [4.78, 5) is 15.7. The Hall–Kier alpha value is -3.45. The molecule has 2 heterocycles. The molecule has 1 fully saturated rings. The van der Waals surface area contributed by atoms with Crippen LogP contribution in [-0.4, -0.2) is 27.3 Å². The number of alkyl halides is 3. The lowest BCUT2D eigenvalue weighted by atomic mass is 10.1. The lowest BCUT2D eigenvalue weighted by Crippen LogP contribution is -2.44. The van der Waals surface area contributed by atoms with E-state index in [1.165, 1.54) is 6.07 Å². The highest BCUT2D eigenvalue weighted by molar-refractivity contribution is 7.81. The molecule has 4 rings (SSSR count). The van der Waals surface area contributed by atoms with Gasteiger partial charge in [0.1, 0.15) is 0 Å². The van der Waals surface area contributed by atoms with Gasteiger partial charge in [-0.1, -0.05) is 0 Å². The van der Waals surface area contributed by atoms with E-state index in [9.17, 15) is 18.0 Å². The largest absolute Gasteiger partial charge is 0.417 e. The summed E-state index contributed by atoms with van der Waals surface area (Å²) in [6.07, 6.45) is -4.12. The van der Waals surface area contributed by atoms with Crippen molar-refractivity contribution in [1.82, 2.24) is 9.78 Å². The summed E-state index contributed by atoms with van der Waals surface area (Å²) in [6, 6.07) is 10.4. The molecule has 1 aromatic heterocycles. The molecule has 0 bridgehead atoms. The fraction of sp³-hybridized carbons (Fsp3) is 0.273. The Kier molecular flexibility index (Phi) is 5.38. The van der Waals surface area contributed by atoms with E-state index in [0.717, 1.165) is 39.3 Å². The molecule has 1 aliphatic heterocycles. The Bertz CT molecular complexity index is 1290. The van der Waals surface area contributed by atoms with Crippen LogP contribution in [0.5, 0.6) is 0 Å². The van der Waals surface area contributed by atoms with Crippen molar-refractivity contribution in [3.63, 3.8) is 0 Å². The summed E-state index contributed by atoms with van der Waals surface area (Å²) in [5.41, 5.74) is 0.863. The summed E-state index contributed by atoms with van der Waals surface area (Å²) in [6.45, 7) is 2.33. The predicted octanol–water partition coefficient (Wildman–Crippen LogP) is 4.69. The van der Waals surface area contributed by atoms with Crippen molar-refractivity contribution in [3.8, 4) is 6.07 Å². The average molecular weight is 457 g/mol. The zero-order valence-corrected chi connectivity index (χ0v) is 18.1. The van der Waals surface area contributed by atoms with Crippen LogP contribution in [0, 0.1) is 18.3 Å². The number of carbonyl (C=O) groups is 1. The Morgan fingerprint density at radius 3 is 2.56 bits per heavy atom. The van der Waals surface area contributed by atoms with Crippen LogP contribution in [-0.2, 0) is 18.0 Å². The molecule has 0 radical (unpaired) electrons. The highest BCUT2D eigenvalue weighted by Crippen LogP contribution is 2.36. The molecular weight excluding hydrogens is 439 g/mol. The van der Waals surface area contributed by atoms with E-state index in [2.05, 4.69) is 5.10 Å². The number of nitrogens with zero attached hydrogens (tertiary/aromatic N) is 5. The van der Waals surface area contributed by atoms with Gasteiger partial charge in [0.15, 0.2) is 5.11 Å². The number of benzene rings is 2. The monoisotopic (exact) mass is 457 g/mol. The molecule has 0 atom stereocenters. The number of carbonyl (C=O) groups excluding carboxylic acids is 1. The van der Waals surface area contributed by atoms with Crippen LogP contribution in [0.3, 0.4) is 0 Å². The number of aryl methyl sites for hydroxylation is 2. The smallest absolute Gasteiger partial charge is 0.318 e. The summed E-state index contributed by atoms with van der Waals surface area (Å²) in [5.74, 6) is -0.394. The number of hydrogen-bond donors (Lipinski definition) is 0. The van der Waals surface area contributed by atoms with E-state index in [-0.39, 0.29) is 17.2 Å². The average Bonchev–Trinajstić information content (AvgIpc) is 2.93. The third-order valence-corrected chi connectivity index (χ3v) is 5.86. The normalized spacial score (nSPS) is 15.2. The minimum absolute atomic E-state index is 0.0168. The van der Waals surface area contributed by atoms with Crippen molar-refractivity contribution in [1.29, 1.82) is 5.26 Å². The molecule has 164 valence electrons. The van der Waals surface area contributed by atoms with Crippen molar-refractivity contribution in [2.45, 2.75) is 25.9 Å². The van der Waals surface area contributed by atoms with E-state index >= 15 is 0 Å². The van der Waals surface area contributed by atoms with Gasteiger partial charge >= 0.3 is 6.18 Å². The number of aromatic nitrogens is 2. The number of nitriles is 1. The van der Waals surface area contributed by atoms with Crippen LogP contribution < -0.4 is 9.80 Å². The van der Waals surface area contributed by atoms with Crippen molar-refractivity contribution < 1.29 is 18.0 Å². The molecule has 3 aromatic rings. The van der Waals surface area contributed by atoms with E-state index in [1.54, 1.807) is 15.7 Å². The van der Waals surface area contributed by atoms with Gasteiger partial charge < -0.3 is 4.90 Å². The standard InChI is InChI=1S/C22H18F3N5OS/c1-13-17-10-15(7-8-19(17)28(2)27-13)29-9-3-4-20(31)30(21(29)32)16-6-5-14(12-26)18(11-16)22(23,24)25/h5-8,10-11H,3-4,9H2,1-2H3. The molecule has 0 unspecified atom stereocenters. The summed E-state index contributed by atoms with van der Waals surface area (Å²) in [7, 11) is 1.84. The summed E-state index contributed by atoms with van der Waals surface area (Å²) >= 11 is 5.60. The van der Waals surface area contributed by atoms with Gasteiger partial charge in [-0.15, -0.1) is 0 Å². The van der Waals surface area contributed by atoms with Gasteiger partial charge in [-0.25, -0.2) is 0 Å². The SMILES string of the molecule is Cc1nn(C)c2ccc(N3CCCC(=O)N(c4ccc(C#N)c(C(F)(F)F)c4)C3=S)cc12. The molecular formula is C22H18F3N5OS. The van der Waals surface area contributed by atoms with Crippen molar-refractivity contribution in [3.05, 3.63) is 53.2 Å². The van der Waals surface area contributed by atoms with Crippen molar-refractivity contribution >= 4 is 45.5 Å². The topological polar surface area (TPSA) is 65.2 Å². The van der Waals surface area contributed by atoms with Gasteiger partial charge in [0.2, 0.25) is 5.91 Å². The first-order valence-corrected chi connectivity index (χ1v) is 10.2. The Labute approximate surface area is 187 Å². The lowest BCUT2D eigenvalue weighted by Gasteiger charge is -2.30. The van der Waals surface area contributed by atoms with E-state index in [0.29, 0.717) is 13.0 Å². The first-order valence-electron chi connectivity index (χ1n) is 9.81. The number of fused-ring (bicyclic) bond motifs is 1. The van der Waals surface area contributed by atoms with Gasteiger partial charge in [-0.2, -0.15) is 23.5 Å². The molecule has 1 amide bonds. The van der Waals surface area contributed by atoms with E-state index in [4.69, 9.17) is 17.5 Å². The second-order valence-electron chi connectivity index (χ2n) is 7.52. The first-order chi connectivity index (χ1) is 15.1. The highest BCUT2D eigenvalue weighted by atomic mass is 32.1.